The number of aliphatic hydroxyl groups is 9. The van der Waals surface area contributed by atoms with Crippen molar-refractivity contribution in [2.45, 2.75) is 106 Å². The van der Waals surface area contributed by atoms with Crippen LogP contribution in [0.2, 0.25) is 0 Å². The third-order valence-corrected chi connectivity index (χ3v) is 6.90. The lowest BCUT2D eigenvalue weighted by atomic mass is 9.94. The summed E-state index contributed by atoms with van der Waals surface area (Å²) in [7, 11) is 0. The van der Waals surface area contributed by atoms with E-state index in [0.717, 1.165) is 13.8 Å². The molecule has 18 heteroatoms. The lowest BCUT2D eigenvalue weighted by molar-refractivity contribution is -0.360. The number of ether oxygens (including phenoxy) is 5. The van der Waals surface area contributed by atoms with Gasteiger partial charge in [-0.3, -0.25) is 9.59 Å². The lowest BCUT2D eigenvalue weighted by Gasteiger charge is -2.49. The molecule has 3 heterocycles. The second kappa shape index (κ2) is 14.0. The van der Waals surface area contributed by atoms with E-state index in [9.17, 15) is 55.5 Å². The average molecular weight is 587 g/mol. The fourth-order valence-corrected chi connectivity index (χ4v) is 4.87. The van der Waals surface area contributed by atoms with E-state index in [1.807, 2.05) is 0 Å². The Kier molecular flexibility index (Phi) is 11.5. The van der Waals surface area contributed by atoms with Crippen molar-refractivity contribution < 1.29 is 79.2 Å². The zero-order valence-corrected chi connectivity index (χ0v) is 21.7. The molecule has 0 aromatic rings. The lowest BCUT2D eigenvalue weighted by Crippen LogP contribution is -2.70. The van der Waals surface area contributed by atoms with E-state index in [1.54, 1.807) is 0 Å². The quantitative estimate of drug-likeness (QED) is 0.120. The summed E-state index contributed by atoms with van der Waals surface area (Å²) < 4.78 is 27.7. The van der Waals surface area contributed by atoms with Gasteiger partial charge in [-0.1, -0.05) is 0 Å². The Morgan fingerprint density at radius 1 is 0.600 bits per heavy atom. The predicted molar refractivity (Wildman–Crippen MR) is 124 cm³/mol. The van der Waals surface area contributed by atoms with Gasteiger partial charge in [-0.25, -0.2) is 0 Å². The predicted octanol–water partition coefficient (Wildman–Crippen LogP) is -7.29. The smallest absolute Gasteiger partial charge is 0.217 e. The van der Waals surface area contributed by atoms with Crippen molar-refractivity contribution in [1.82, 2.24) is 10.6 Å². The molecule has 0 spiro atoms. The van der Waals surface area contributed by atoms with Crippen LogP contribution in [0.3, 0.4) is 0 Å². The first-order chi connectivity index (χ1) is 18.8. The van der Waals surface area contributed by atoms with Gasteiger partial charge in [0.05, 0.1) is 19.8 Å². The first-order valence-corrected chi connectivity index (χ1v) is 12.6. The number of carbonyl (C=O) groups is 2. The second-order valence-electron chi connectivity index (χ2n) is 9.81. The van der Waals surface area contributed by atoms with E-state index < -0.39 is 124 Å². The molecule has 0 saturated carbocycles. The summed E-state index contributed by atoms with van der Waals surface area (Å²) in [5, 5.41) is 96.5. The first kappa shape index (κ1) is 32.9. The highest BCUT2D eigenvalue weighted by molar-refractivity contribution is 5.73. The van der Waals surface area contributed by atoms with E-state index in [2.05, 4.69) is 10.6 Å². The van der Waals surface area contributed by atoms with Crippen molar-refractivity contribution >= 4 is 11.8 Å². The fraction of sp³-hybridized carbons (Fsp3) is 0.909. The van der Waals surface area contributed by atoms with Crippen LogP contribution in [0.15, 0.2) is 0 Å². The van der Waals surface area contributed by atoms with Gasteiger partial charge in [0, 0.05) is 13.8 Å². The number of rotatable bonds is 9. The van der Waals surface area contributed by atoms with Gasteiger partial charge in [-0.2, -0.15) is 0 Å². The topological polar surface area (TPSA) is 286 Å². The Morgan fingerprint density at radius 2 is 1.05 bits per heavy atom. The Morgan fingerprint density at radius 3 is 1.57 bits per heavy atom. The molecule has 11 N–H and O–H groups in total. The Bertz CT molecular complexity index is 852. The molecule has 15 atom stereocenters. The molecular weight excluding hydrogens is 548 g/mol. The second-order valence-corrected chi connectivity index (χ2v) is 9.81. The number of hydrogen-bond acceptors (Lipinski definition) is 16. The maximum atomic E-state index is 12.0. The van der Waals surface area contributed by atoms with Gasteiger partial charge in [0.25, 0.3) is 0 Å². The van der Waals surface area contributed by atoms with E-state index in [4.69, 9.17) is 23.7 Å². The first-order valence-electron chi connectivity index (χ1n) is 12.6. The van der Waals surface area contributed by atoms with Crippen LogP contribution in [0.1, 0.15) is 13.8 Å². The third-order valence-electron chi connectivity index (χ3n) is 6.90. The molecule has 3 rings (SSSR count). The summed E-state index contributed by atoms with van der Waals surface area (Å²) in [6.45, 7) is -0.117. The molecule has 0 radical (unpaired) electrons. The zero-order chi connectivity index (χ0) is 29.9. The Hall–Kier alpha value is -1.62. The van der Waals surface area contributed by atoms with E-state index in [1.165, 1.54) is 0 Å². The van der Waals surface area contributed by atoms with Crippen molar-refractivity contribution in [2.75, 3.05) is 19.8 Å². The number of nitrogens with one attached hydrogen (secondary N) is 2. The zero-order valence-electron chi connectivity index (χ0n) is 21.7. The largest absolute Gasteiger partial charge is 0.394 e. The maximum absolute atomic E-state index is 12.0. The molecule has 0 aromatic heterocycles. The highest BCUT2D eigenvalue weighted by Gasteiger charge is 2.54. The van der Waals surface area contributed by atoms with Crippen molar-refractivity contribution in [3.8, 4) is 0 Å². The number of amides is 2. The standard InChI is InChI=1S/C22H38N2O16/c1-6(28)23-11-14(31)18(9(4-26)36-20(11)35)39-21-12(24-7(2)29)15(32)19(10(5-27)38-21)40-22-17(34)16(33)13(30)8(3-25)37-22/h8-22,25-27,30-35H,3-5H2,1-2H3,(H,23,28)(H,24,29)/t8-,9-,10+,11-,12+,13-,14-,15+,16+,17+,18-,19+,20-,21-,22+/m0/s1. The van der Waals surface area contributed by atoms with Crippen LogP contribution in [0, 0.1) is 0 Å². The van der Waals surface area contributed by atoms with E-state index in [-0.39, 0.29) is 0 Å². The SMILES string of the molecule is CC(=O)N[C@H]1[C@H](O[C@@H]2[C@@H](O)[C@H](NC(C)=O)[C@@H](O)O[C@H]2CO)O[C@H](CO)[C@@H](O[C@H]2O[C@@H](CO)[C@H](O)[C@@H](O)[C@H]2O)[C@@H]1O. The van der Waals surface area contributed by atoms with Crippen molar-refractivity contribution in [2.24, 2.45) is 0 Å². The molecule has 3 aliphatic rings. The molecule has 3 fully saturated rings. The fourth-order valence-electron chi connectivity index (χ4n) is 4.87. The van der Waals surface area contributed by atoms with Crippen molar-refractivity contribution in [3.05, 3.63) is 0 Å². The number of aliphatic hydroxyl groups excluding tert-OH is 9. The summed E-state index contributed by atoms with van der Waals surface area (Å²) >= 11 is 0. The van der Waals surface area contributed by atoms with Gasteiger partial charge < -0.3 is 80.3 Å². The summed E-state index contributed by atoms with van der Waals surface area (Å²) in [5.74, 6) is -1.30. The van der Waals surface area contributed by atoms with Gasteiger partial charge in [0.2, 0.25) is 11.8 Å². The molecule has 40 heavy (non-hydrogen) atoms. The van der Waals surface area contributed by atoms with Crippen LogP contribution < -0.4 is 10.6 Å². The highest BCUT2D eigenvalue weighted by Crippen LogP contribution is 2.32. The Balaban J connectivity index is 1.85. The minimum Gasteiger partial charge on any atom is -0.394 e. The molecule has 0 bridgehead atoms. The summed E-state index contributed by atoms with van der Waals surface area (Å²) in [6, 6.07) is -2.87. The average Bonchev–Trinajstić information content (AvgIpc) is 2.90. The van der Waals surface area contributed by atoms with Crippen molar-refractivity contribution in [3.63, 3.8) is 0 Å². The normalized spacial score (nSPS) is 46.0. The number of hydrogen-bond donors (Lipinski definition) is 11. The van der Waals surface area contributed by atoms with Crippen molar-refractivity contribution in [1.29, 1.82) is 0 Å². The molecule has 0 aromatic carbocycles. The monoisotopic (exact) mass is 586 g/mol. The summed E-state index contributed by atoms with van der Waals surface area (Å²) in [5.41, 5.74) is 0. The van der Waals surface area contributed by atoms with Crippen LogP contribution in [0.4, 0.5) is 0 Å². The van der Waals surface area contributed by atoms with Crippen LogP contribution in [-0.2, 0) is 33.3 Å². The van der Waals surface area contributed by atoms with Gasteiger partial charge in [0.15, 0.2) is 18.9 Å². The molecule has 18 nitrogen and oxygen atoms in total. The molecule has 3 aliphatic heterocycles. The van der Waals surface area contributed by atoms with Crippen LogP contribution in [-0.4, -0.2) is 170 Å². The molecule has 3 saturated heterocycles. The molecule has 232 valence electrons. The third kappa shape index (κ3) is 7.05. The van der Waals surface area contributed by atoms with Crippen LogP contribution in [0.25, 0.3) is 0 Å². The van der Waals surface area contributed by atoms with E-state index >= 15 is 0 Å². The van der Waals surface area contributed by atoms with Gasteiger partial charge in [-0.05, 0) is 0 Å². The van der Waals surface area contributed by atoms with Gasteiger partial charge in [0.1, 0.15) is 73.1 Å². The van der Waals surface area contributed by atoms with E-state index in [0.29, 0.717) is 0 Å². The minimum atomic E-state index is -1.85. The van der Waals surface area contributed by atoms with Gasteiger partial charge >= 0.3 is 0 Å². The van der Waals surface area contributed by atoms with Gasteiger partial charge in [-0.15, -0.1) is 0 Å². The molecule has 0 aliphatic carbocycles. The maximum Gasteiger partial charge on any atom is 0.217 e. The Labute approximate surface area is 228 Å². The number of carbonyl (C=O) groups excluding carboxylic acids is 2. The minimum absolute atomic E-state index is 0.623. The summed E-state index contributed by atoms with van der Waals surface area (Å²) in [4.78, 5) is 23.5. The molecular formula is C22H38N2O16. The van der Waals surface area contributed by atoms with Crippen LogP contribution >= 0.6 is 0 Å². The van der Waals surface area contributed by atoms with Crippen LogP contribution in [0.5, 0.6) is 0 Å². The molecule has 2 amide bonds. The summed E-state index contributed by atoms with van der Waals surface area (Å²) in [6.07, 6.45) is -21.1. The highest BCUT2D eigenvalue weighted by atomic mass is 16.7. The molecule has 0 unspecified atom stereocenters.